The fourth-order valence-electron chi connectivity index (χ4n) is 2.96. The molecule has 0 heterocycles. The minimum Gasteiger partial charge on any atom is -0.465 e. The summed E-state index contributed by atoms with van der Waals surface area (Å²) in [5.74, 6) is 0.479. The van der Waals surface area contributed by atoms with E-state index in [2.05, 4.69) is 62.3 Å². The van der Waals surface area contributed by atoms with Crippen LogP contribution in [0, 0.1) is 22.2 Å². The first-order valence-corrected chi connectivity index (χ1v) is 9.04. The van der Waals surface area contributed by atoms with Gasteiger partial charge in [-0.05, 0) is 36.5 Å². The molecule has 0 aliphatic heterocycles. The van der Waals surface area contributed by atoms with E-state index in [9.17, 15) is 4.79 Å². The highest BCUT2D eigenvalue weighted by Crippen LogP contribution is 2.47. The Labute approximate surface area is 139 Å². The van der Waals surface area contributed by atoms with Crippen molar-refractivity contribution in [1.82, 2.24) is 0 Å². The topological polar surface area (TPSA) is 26.3 Å². The molecule has 0 aromatic carbocycles. The van der Waals surface area contributed by atoms with Crippen LogP contribution >= 0.6 is 0 Å². The highest BCUT2D eigenvalue weighted by Gasteiger charge is 2.47. The average molecular weight is 313 g/mol. The van der Waals surface area contributed by atoms with Crippen molar-refractivity contribution in [3.63, 3.8) is 0 Å². The zero-order chi connectivity index (χ0) is 17.6. The van der Waals surface area contributed by atoms with E-state index >= 15 is 0 Å². The summed E-state index contributed by atoms with van der Waals surface area (Å²) < 4.78 is 5.79. The Kier molecular flexibility index (Phi) is 8.16. The highest BCUT2D eigenvalue weighted by atomic mass is 16.5. The van der Waals surface area contributed by atoms with Crippen LogP contribution in [0.2, 0.25) is 0 Å². The number of hydrogen-bond acceptors (Lipinski definition) is 2. The molecule has 0 bridgehead atoms. The Morgan fingerprint density at radius 3 is 1.91 bits per heavy atom. The van der Waals surface area contributed by atoms with Gasteiger partial charge in [0, 0.05) is 0 Å². The molecule has 0 rings (SSSR count). The lowest BCUT2D eigenvalue weighted by Crippen LogP contribution is -2.44. The largest absolute Gasteiger partial charge is 0.465 e. The van der Waals surface area contributed by atoms with Crippen LogP contribution < -0.4 is 0 Å². The van der Waals surface area contributed by atoms with Crippen molar-refractivity contribution >= 4 is 5.97 Å². The summed E-state index contributed by atoms with van der Waals surface area (Å²) in [7, 11) is 0. The van der Waals surface area contributed by atoms with Crippen LogP contribution in [0.1, 0.15) is 94.4 Å². The maximum absolute atomic E-state index is 12.9. The van der Waals surface area contributed by atoms with Gasteiger partial charge in [0.05, 0.1) is 12.0 Å². The minimum absolute atomic E-state index is 0.0233. The van der Waals surface area contributed by atoms with Gasteiger partial charge in [-0.25, -0.2) is 0 Å². The molecule has 0 aliphatic rings. The predicted molar refractivity (Wildman–Crippen MR) is 95.9 cm³/mol. The lowest BCUT2D eigenvalue weighted by molar-refractivity contribution is -0.166. The van der Waals surface area contributed by atoms with E-state index in [1.165, 1.54) is 12.8 Å². The normalized spacial score (nSPS) is 17.0. The van der Waals surface area contributed by atoms with Crippen LogP contribution in [0.25, 0.3) is 0 Å². The quantitative estimate of drug-likeness (QED) is 0.496. The van der Waals surface area contributed by atoms with Gasteiger partial charge in [0.15, 0.2) is 0 Å². The van der Waals surface area contributed by atoms with Crippen molar-refractivity contribution in [3.8, 4) is 0 Å². The monoisotopic (exact) mass is 312 g/mol. The Balaban J connectivity index is 4.93. The smallest absolute Gasteiger partial charge is 0.312 e. The fraction of sp³-hybridized carbons (Fsp3) is 0.950. The Bertz CT molecular complexity index is 333. The lowest BCUT2D eigenvalue weighted by atomic mass is 9.61. The fourth-order valence-corrected chi connectivity index (χ4v) is 2.96. The highest BCUT2D eigenvalue weighted by molar-refractivity contribution is 5.77. The maximum atomic E-state index is 12.9. The Hall–Kier alpha value is -0.530. The van der Waals surface area contributed by atoms with Gasteiger partial charge in [0.25, 0.3) is 0 Å². The number of rotatable bonds is 8. The second-order valence-electron chi connectivity index (χ2n) is 9.33. The van der Waals surface area contributed by atoms with Gasteiger partial charge < -0.3 is 4.74 Å². The maximum Gasteiger partial charge on any atom is 0.312 e. The van der Waals surface area contributed by atoms with E-state index in [1.54, 1.807) is 0 Å². The molecule has 132 valence electrons. The summed E-state index contributed by atoms with van der Waals surface area (Å²) in [5, 5.41) is 0. The SMILES string of the molecule is CCCCC(CC)COC(=O)C(C)(CC(C)(C)C)C(C)(C)C. The van der Waals surface area contributed by atoms with Crippen LogP contribution in [0.15, 0.2) is 0 Å². The summed E-state index contributed by atoms with van der Waals surface area (Å²) in [6.07, 6.45) is 5.50. The molecule has 22 heavy (non-hydrogen) atoms. The van der Waals surface area contributed by atoms with Gasteiger partial charge in [0.1, 0.15) is 0 Å². The number of carbonyl (C=O) groups is 1. The van der Waals surface area contributed by atoms with Gasteiger partial charge in [-0.15, -0.1) is 0 Å². The minimum atomic E-state index is -0.450. The molecule has 0 aliphatic carbocycles. The molecule has 2 heteroatoms. The van der Waals surface area contributed by atoms with Gasteiger partial charge in [-0.3, -0.25) is 4.79 Å². The first kappa shape index (κ1) is 21.5. The number of carbonyl (C=O) groups excluding carboxylic acids is 1. The summed E-state index contributed by atoms with van der Waals surface area (Å²) in [6.45, 7) is 20.1. The zero-order valence-electron chi connectivity index (χ0n) is 16.6. The van der Waals surface area contributed by atoms with Gasteiger partial charge in [0.2, 0.25) is 0 Å². The molecule has 0 spiro atoms. The molecule has 0 N–H and O–H groups in total. The summed E-state index contributed by atoms with van der Waals surface area (Å²) in [6, 6.07) is 0. The molecule has 0 radical (unpaired) electrons. The third kappa shape index (κ3) is 6.71. The second kappa shape index (κ2) is 8.36. The molecule has 0 amide bonds. The average Bonchev–Trinajstić information content (AvgIpc) is 2.35. The Morgan fingerprint density at radius 2 is 1.55 bits per heavy atom. The number of unbranched alkanes of at least 4 members (excludes halogenated alkanes) is 1. The summed E-state index contributed by atoms with van der Waals surface area (Å²) >= 11 is 0. The van der Waals surface area contributed by atoms with Crippen LogP contribution in [-0.2, 0) is 9.53 Å². The van der Waals surface area contributed by atoms with Crippen molar-refractivity contribution in [2.75, 3.05) is 6.61 Å². The van der Waals surface area contributed by atoms with Crippen LogP contribution in [-0.4, -0.2) is 12.6 Å². The summed E-state index contributed by atoms with van der Waals surface area (Å²) in [4.78, 5) is 12.9. The van der Waals surface area contributed by atoms with Crippen molar-refractivity contribution in [1.29, 1.82) is 0 Å². The van der Waals surface area contributed by atoms with Gasteiger partial charge in [-0.2, -0.15) is 0 Å². The molecule has 2 nitrogen and oxygen atoms in total. The molecule has 0 saturated heterocycles. The van der Waals surface area contributed by atoms with Crippen LogP contribution in [0.3, 0.4) is 0 Å². The molecule has 0 aromatic rings. The van der Waals surface area contributed by atoms with E-state index in [0.717, 1.165) is 19.3 Å². The predicted octanol–water partition coefficient (Wildman–Crippen LogP) is 6.23. The third-order valence-electron chi connectivity index (χ3n) is 4.98. The van der Waals surface area contributed by atoms with E-state index < -0.39 is 5.41 Å². The molecule has 2 unspecified atom stereocenters. The van der Waals surface area contributed by atoms with Crippen molar-refractivity contribution in [3.05, 3.63) is 0 Å². The zero-order valence-corrected chi connectivity index (χ0v) is 16.6. The van der Waals surface area contributed by atoms with E-state index in [0.29, 0.717) is 12.5 Å². The van der Waals surface area contributed by atoms with E-state index in [-0.39, 0.29) is 16.8 Å². The van der Waals surface area contributed by atoms with Crippen molar-refractivity contribution in [2.24, 2.45) is 22.2 Å². The Morgan fingerprint density at radius 1 is 1.00 bits per heavy atom. The molecular weight excluding hydrogens is 272 g/mol. The van der Waals surface area contributed by atoms with Crippen molar-refractivity contribution < 1.29 is 9.53 Å². The second-order valence-corrected chi connectivity index (χ2v) is 9.33. The number of hydrogen-bond donors (Lipinski definition) is 0. The van der Waals surface area contributed by atoms with Gasteiger partial charge in [-0.1, -0.05) is 74.7 Å². The number of esters is 1. The molecule has 0 fully saturated rings. The third-order valence-corrected chi connectivity index (χ3v) is 4.98. The van der Waals surface area contributed by atoms with Crippen LogP contribution in [0.4, 0.5) is 0 Å². The van der Waals surface area contributed by atoms with Crippen LogP contribution in [0.5, 0.6) is 0 Å². The molecule has 2 atom stereocenters. The molecular formula is C20H40O2. The first-order chi connectivity index (χ1) is 9.87. The molecule has 0 saturated carbocycles. The van der Waals surface area contributed by atoms with Crippen molar-refractivity contribution in [2.45, 2.75) is 94.4 Å². The van der Waals surface area contributed by atoms with E-state index in [4.69, 9.17) is 4.74 Å². The lowest BCUT2D eigenvalue weighted by Gasteiger charge is -2.43. The molecule has 0 aromatic heterocycles. The van der Waals surface area contributed by atoms with Gasteiger partial charge >= 0.3 is 5.97 Å². The standard InChI is InChI=1S/C20H40O2/c1-10-12-13-16(11-2)14-22-17(21)20(9,19(6,7)8)15-18(3,4)5/h16H,10-15H2,1-9H3. The summed E-state index contributed by atoms with van der Waals surface area (Å²) in [5.41, 5.74) is -0.454. The van der Waals surface area contributed by atoms with E-state index in [1.807, 2.05) is 0 Å². The number of ether oxygens (including phenoxy) is 1. The first-order valence-electron chi connectivity index (χ1n) is 9.04.